The smallest absolute Gasteiger partial charge is 0.146 e. The van der Waals surface area contributed by atoms with Crippen LogP contribution in [0.2, 0.25) is 0 Å². The molecule has 5 atom stereocenters. The number of epoxide rings is 4. The van der Waals surface area contributed by atoms with E-state index in [2.05, 4.69) is 0 Å². The molecule has 4 rings (SSSR count). The minimum absolute atomic E-state index is 0.156. The zero-order valence-electron chi connectivity index (χ0n) is 14.2. The van der Waals surface area contributed by atoms with E-state index in [0.717, 1.165) is 26.4 Å². The van der Waals surface area contributed by atoms with Crippen molar-refractivity contribution in [3.63, 3.8) is 0 Å². The summed E-state index contributed by atoms with van der Waals surface area (Å²) in [6.07, 6.45) is 1.50. The predicted octanol–water partition coefficient (Wildman–Crippen LogP) is -0.0196. The maximum Gasteiger partial charge on any atom is 0.146 e. The van der Waals surface area contributed by atoms with Crippen molar-refractivity contribution in [3.8, 4) is 0 Å². The second kappa shape index (κ2) is 9.98. The average molecular weight is 348 g/mol. The van der Waals surface area contributed by atoms with Crippen LogP contribution in [0, 0.1) is 0 Å². The number of ether oxygens (including phenoxy) is 8. The van der Waals surface area contributed by atoms with Crippen molar-refractivity contribution in [3.05, 3.63) is 0 Å². The van der Waals surface area contributed by atoms with Gasteiger partial charge >= 0.3 is 0 Å². The SMILES string of the molecule is C(OCC1CO1)OCC1CO1.CC(COCC1CO1)OCC1CO1. The minimum atomic E-state index is 0.156. The first-order valence-electron chi connectivity index (χ1n) is 8.61. The van der Waals surface area contributed by atoms with Gasteiger partial charge in [0.1, 0.15) is 31.2 Å². The molecule has 0 amide bonds. The molecule has 8 nitrogen and oxygen atoms in total. The molecular weight excluding hydrogens is 320 g/mol. The Morgan fingerprint density at radius 2 is 1.12 bits per heavy atom. The predicted molar refractivity (Wildman–Crippen MR) is 82.0 cm³/mol. The van der Waals surface area contributed by atoms with Gasteiger partial charge in [-0.3, -0.25) is 0 Å². The molecule has 8 heteroatoms. The fraction of sp³-hybridized carbons (Fsp3) is 1.00. The first-order valence-corrected chi connectivity index (χ1v) is 8.61. The summed E-state index contributed by atoms with van der Waals surface area (Å²) in [5.41, 5.74) is 0. The second-order valence-electron chi connectivity index (χ2n) is 6.36. The molecule has 4 aliphatic heterocycles. The zero-order chi connectivity index (χ0) is 16.6. The van der Waals surface area contributed by atoms with Crippen molar-refractivity contribution >= 4 is 0 Å². The monoisotopic (exact) mass is 348 g/mol. The van der Waals surface area contributed by atoms with Crippen LogP contribution in [0.1, 0.15) is 6.92 Å². The van der Waals surface area contributed by atoms with Gasteiger partial charge < -0.3 is 37.9 Å². The van der Waals surface area contributed by atoms with E-state index < -0.39 is 0 Å². The van der Waals surface area contributed by atoms with Gasteiger partial charge in [-0.25, -0.2) is 0 Å². The molecule has 0 saturated carbocycles. The molecule has 4 aliphatic rings. The highest BCUT2D eigenvalue weighted by molar-refractivity contribution is 4.70. The summed E-state index contributed by atoms with van der Waals surface area (Å²) in [6.45, 7) is 9.11. The van der Waals surface area contributed by atoms with Crippen molar-refractivity contribution in [2.24, 2.45) is 0 Å². The summed E-state index contributed by atoms with van der Waals surface area (Å²) in [6, 6.07) is 0. The zero-order valence-corrected chi connectivity index (χ0v) is 14.2. The molecule has 0 N–H and O–H groups in total. The lowest BCUT2D eigenvalue weighted by molar-refractivity contribution is -0.0611. The number of rotatable bonds is 13. The molecule has 4 saturated heterocycles. The van der Waals surface area contributed by atoms with Gasteiger partial charge in [-0.1, -0.05) is 0 Å². The molecular formula is C16H28O8. The Bertz CT molecular complexity index is 325. The molecule has 24 heavy (non-hydrogen) atoms. The van der Waals surface area contributed by atoms with Crippen molar-refractivity contribution in [2.75, 3.05) is 66.3 Å². The topological polar surface area (TPSA) is 87.0 Å². The third-order valence-corrected chi connectivity index (χ3v) is 3.61. The van der Waals surface area contributed by atoms with E-state index >= 15 is 0 Å². The first-order chi connectivity index (χ1) is 11.8. The Kier molecular flexibility index (Phi) is 7.68. The molecule has 4 heterocycles. The van der Waals surface area contributed by atoms with Crippen LogP contribution in [0.5, 0.6) is 0 Å². The Balaban J connectivity index is 0.000000143. The third kappa shape index (κ3) is 9.85. The summed E-state index contributed by atoms with van der Waals surface area (Å²) < 4.78 is 41.0. The van der Waals surface area contributed by atoms with Gasteiger partial charge in [-0.2, -0.15) is 0 Å². The number of hydrogen-bond donors (Lipinski definition) is 0. The highest BCUT2D eigenvalue weighted by atomic mass is 16.7. The third-order valence-electron chi connectivity index (χ3n) is 3.61. The second-order valence-corrected chi connectivity index (χ2v) is 6.36. The molecule has 0 radical (unpaired) electrons. The van der Waals surface area contributed by atoms with Crippen LogP contribution in [0.3, 0.4) is 0 Å². The molecule has 0 aromatic rings. The van der Waals surface area contributed by atoms with Crippen molar-refractivity contribution in [1.29, 1.82) is 0 Å². The lowest BCUT2D eigenvalue weighted by atomic mass is 10.4. The van der Waals surface area contributed by atoms with Gasteiger partial charge in [-0.05, 0) is 6.92 Å². The highest BCUT2D eigenvalue weighted by Crippen LogP contribution is 2.12. The lowest BCUT2D eigenvalue weighted by Crippen LogP contribution is -2.19. The molecule has 0 aromatic heterocycles. The first kappa shape index (κ1) is 18.5. The van der Waals surface area contributed by atoms with Crippen molar-refractivity contribution in [2.45, 2.75) is 37.4 Å². The molecule has 140 valence electrons. The Morgan fingerprint density at radius 1 is 0.708 bits per heavy atom. The van der Waals surface area contributed by atoms with Crippen LogP contribution in [-0.4, -0.2) is 96.8 Å². The molecule has 0 aromatic carbocycles. The van der Waals surface area contributed by atoms with E-state index in [-0.39, 0.29) is 6.10 Å². The van der Waals surface area contributed by atoms with E-state index in [4.69, 9.17) is 37.9 Å². The number of hydrogen-bond acceptors (Lipinski definition) is 8. The van der Waals surface area contributed by atoms with Crippen LogP contribution < -0.4 is 0 Å². The van der Waals surface area contributed by atoms with Crippen LogP contribution in [0.25, 0.3) is 0 Å². The molecule has 5 unspecified atom stereocenters. The maximum atomic E-state index is 5.48. The Morgan fingerprint density at radius 3 is 1.58 bits per heavy atom. The summed E-state index contributed by atoms with van der Waals surface area (Å²) in [5.74, 6) is 0. The van der Waals surface area contributed by atoms with Gasteiger partial charge in [0.2, 0.25) is 0 Å². The van der Waals surface area contributed by atoms with Gasteiger partial charge in [0.25, 0.3) is 0 Å². The maximum absolute atomic E-state index is 5.48. The average Bonchev–Trinajstić information content (AvgIpc) is 3.43. The highest BCUT2D eigenvalue weighted by Gasteiger charge is 2.25. The van der Waals surface area contributed by atoms with Crippen molar-refractivity contribution < 1.29 is 37.9 Å². The summed E-state index contributed by atoms with van der Waals surface area (Å²) in [5, 5.41) is 0. The fourth-order valence-corrected chi connectivity index (χ4v) is 1.76. The Hall–Kier alpha value is -0.320. The fourth-order valence-electron chi connectivity index (χ4n) is 1.76. The van der Waals surface area contributed by atoms with E-state index in [1.165, 1.54) is 0 Å². The van der Waals surface area contributed by atoms with E-state index in [1.54, 1.807) is 0 Å². The largest absolute Gasteiger partial charge is 0.376 e. The van der Waals surface area contributed by atoms with Crippen LogP contribution in [0.4, 0.5) is 0 Å². The van der Waals surface area contributed by atoms with Gasteiger partial charge in [0.05, 0.1) is 65.6 Å². The van der Waals surface area contributed by atoms with Crippen LogP contribution in [0.15, 0.2) is 0 Å². The van der Waals surface area contributed by atoms with Crippen LogP contribution >= 0.6 is 0 Å². The van der Waals surface area contributed by atoms with Gasteiger partial charge in [-0.15, -0.1) is 0 Å². The van der Waals surface area contributed by atoms with Crippen LogP contribution in [-0.2, 0) is 37.9 Å². The van der Waals surface area contributed by atoms with E-state index in [9.17, 15) is 0 Å². The quantitative estimate of drug-likeness (QED) is 0.261. The van der Waals surface area contributed by atoms with Crippen molar-refractivity contribution in [1.82, 2.24) is 0 Å². The normalized spacial score (nSPS) is 33.4. The summed E-state index contributed by atoms with van der Waals surface area (Å²) >= 11 is 0. The van der Waals surface area contributed by atoms with Gasteiger partial charge in [0.15, 0.2) is 0 Å². The molecule has 0 aliphatic carbocycles. The Labute approximate surface area is 142 Å². The molecule has 0 spiro atoms. The van der Waals surface area contributed by atoms with E-state index in [1.807, 2.05) is 6.92 Å². The summed E-state index contributed by atoms with van der Waals surface area (Å²) in [7, 11) is 0. The van der Waals surface area contributed by atoms with E-state index in [0.29, 0.717) is 64.2 Å². The standard InChI is InChI=1S/C9H16O4.C7H12O4/c1-7(11-4-9-6-13-9)2-10-3-8-5-12-8;1(6-3-10-6)8-5-9-2-7-4-11-7/h7-9H,2-6H2,1H3;6-7H,1-5H2. The lowest BCUT2D eigenvalue weighted by Gasteiger charge is -2.11. The molecule has 0 bridgehead atoms. The summed E-state index contributed by atoms with van der Waals surface area (Å²) in [4.78, 5) is 0. The minimum Gasteiger partial charge on any atom is -0.376 e. The molecule has 4 fully saturated rings. The van der Waals surface area contributed by atoms with Gasteiger partial charge in [0, 0.05) is 0 Å².